The molecule has 0 aliphatic rings. The maximum absolute atomic E-state index is 10.7. The fourth-order valence-electron chi connectivity index (χ4n) is 7.29. The molecule has 0 unspecified atom stereocenters. The first-order valence-electron chi connectivity index (χ1n) is 15.6. The number of benzene rings is 8. The Hall–Kier alpha value is -6.66. The molecule has 0 fully saturated rings. The topological polar surface area (TPSA) is 117 Å². The molecule has 0 aliphatic heterocycles. The highest BCUT2D eigenvalue weighted by atomic mass is 16.4. The first-order valence-corrected chi connectivity index (χ1v) is 15.6. The number of aromatic hydroxyl groups is 5. The number of aromatic amines is 1. The van der Waals surface area contributed by atoms with Gasteiger partial charge in [-0.15, -0.1) is 0 Å². The summed E-state index contributed by atoms with van der Waals surface area (Å²) in [5.41, 5.74) is 5.72. The fourth-order valence-corrected chi connectivity index (χ4v) is 7.29. The van der Waals surface area contributed by atoms with Crippen LogP contribution in [0.2, 0.25) is 0 Å². The SMILES string of the molecule is Oc1c(O)c(O)c(-c2cccc3c2[nH]c2c(-c4cccc(-c5ccc6c7ccccc7c7ccccc7c6c5)c4)cccc23)c(O)c1O. The van der Waals surface area contributed by atoms with Crippen molar-refractivity contribution in [1.82, 2.24) is 4.98 Å². The van der Waals surface area contributed by atoms with Crippen molar-refractivity contribution in [2.75, 3.05) is 0 Å². The Kier molecular flexibility index (Phi) is 5.86. The lowest BCUT2D eigenvalue weighted by Crippen LogP contribution is -1.86. The van der Waals surface area contributed by atoms with Gasteiger partial charge in [-0.3, -0.25) is 0 Å². The lowest BCUT2D eigenvalue weighted by molar-refractivity contribution is 0.330. The summed E-state index contributed by atoms with van der Waals surface area (Å²) in [5.74, 6) is -4.30. The summed E-state index contributed by atoms with van der Waals surface area (Å²) >= 11 is 0. The van der Waals surface area contributed by atoms with Crippen LogP contribution < -0.4 is 0 Å². The van der Waals surface area contributed by atoms with Gasteiger partial charge in [0.1, 0.15) is 0 Å². The van der Waals surface area contributed by atoms with E-state index in [9.17, 15) is 25.5 Å². The van der Waals surface area contributed by atoms with E-state index in [0.29, 0.717) is 11.1 Å². The molecule has 0 bridgehead atoms. The molecule has 0 spiro atoms. The number of H-pyrrole nitrogens is 1. The monoisotopic (exact) mass is 625 g/mol. The van der Waals surface area contributed by atoms with Crippen LogP contribution in [-0.4, -0.2) is 30.5 Å². The van der Waals surface area contributed by atoms with E-state index in [1.165, 1.54) is 32.3 Å². The molecule has 8 aromatic carbocycles. The standard InChI is InChI=1S/C42H27NO5/c44-38-35(39(45)41(47)42(48)40(38)46)33-17-7-16-32-31-15-6-14-25(36(31)43-37(32)33)24-9-5-8-22(20-24)23-18-19-30-28-12-2-1-10-26(28)27-11-3-4-13-29(27)34(30)21-23/h1-21,43-48H. The maximum Gasteiger partial charge on any atom is 0.208 e. The summed E-state index contributed by atoms with van der Waals surface area (Å²) in [4.78, 5) is 3.49. The second-order valence-electron chi connectivity index (χ2n) is 12.1. The number of phenols is 5. The summed E-state index contributed by atoms with van der Waals surface area (Å²) in [7, 11) is 0. The minimum absolute atomic E-state index is 0.194. The largest absolute Gasteiger partial charge is 0.504 e. The van der Waals surface area contributed by atoms with Crippen LogP contribution in [0.4, 0.5) is 0 Å². The minimum Gasteiger partial charge on any atom is -0.504 e. The van der Waals surface area contributed by atoms with Gasteiger partial charge in [0.25, 0.3) is 0 Å². The zero-order chi connectivity index (χ0) is 32.7. The lowest BCUT2D eigenvalue weighted by Gasteiger charge is -2.13. The number of rotatable bonds is 3. The molecular formula is C42H27NO5. The van der Waals surface area contributed by atoms with Gasteiger partial charge >= 0.3 is 0 Å². The van der Waals surface area contributed by atoms with Gasteiger partial charge in [-0.2, -0.15) is 0 Å². The number of phenolic OH excluding ortho intramolecular Hbond substituents is 5. The quantitative estimate of drug-likeness (QED) is 0.0664. The number of hydrogen-bond acceptors (Lipinski definition) is 5. The maximum atomic E-state index is 10.7. The van der Waals surface area contributed by atoms with Gasteiger partial charge in [-0.05, 0) is 61.1 Å². The van der Waals surface area contributed by atoms with Crippen molar-refractivity contribution in [2.45, 2.75) is 0 Å². The summed E-state index contributed by atoms with van der Waals surface area (Å²) in [6.45, 7) is 0. The molecule has 0 amide bonds. The first-order chi connectivity index (χ1) is 23.4. The Morgan fingerprint density at radius 1 is 0.312 bits per heavy atom. The van der Waals surface area contributed by atoms with E-state index in [4.69, 9.17) is 0 Å². The van der Waals surface area contributed by atoms with E-state index < -0.39 is 28.7 Å². The van der Waals surface area contributed by atoms with Crippen molar-refractivity contribution < 1.29 is 25.5 Å². The highest BCUT2D eigenvalue weighted by Gasteiger charge is 2.26. The molecule has 230 valence electrons. The molecule has 0 radical (unpaired) electrons. The van der Waals surface area contributed by atoms with E-state index >= 15 is 0 Å². The molecule has 0 atom stereocenters. The van der Waals surface area contributed by atoms with Crippen LogP contribution in [0.5, 0.6) is 28.7 Å². The molecule has 0 saturated heterocycles. The zero-order valence-corrected chi connectivity index (χ0v) is 25.4. The van der Waals surface area contributed by atoms with Crippen LogP contribution in [-0.2, 0) is 0 Å². The van der Waals surface area contributed by atoms with Gasteiger partial charge in [0.2, 0.25) is 17.2 Å². The van der Waals surface area contributed by atoms with E-state index in [0.717, 1.165) is 38.5 Å². The Balaban J connectivity index is 1.22. The first kappa shape index (κ1) is 27.6. The molecule has 0 aliphatic carbocycles. The van der Waals surface area contributed by atoms with Crippen LogP contribution in [0.15, 0.2) is 127 Å². The van der Waals surface area contributed by atoms with Crippen LogP contribution >= 0.6 is 0 Å². The summed E-state index contributed by atoms with van der Waals surface area (Å²) in [5, 5.41) is 61.0. The smallest absolute Gasteiger partial charge is 0.208 e. The second-order valence-corrected chi connectivity index (χ2v) is 12.1. The normalized spacial score (nSPS) is 11.8. The van der Waals surface area contributed by atoms with Gasteiger partial charge in [0.05, 0.1) is 16.6 Å². The van der Waals surface area contributed by atoms with E-state index in [2.05, 4.69) is 96.0 Å². The molecule has 6 nitrogen and oxygen atoms in total. The van der Waals surface area contributed by atoms with Crippen molar-refractivity contribution in [3.05, 3.63) is 127 Å². The Labute approximate surface area is 273 Å². The Morgan fingerprint density at radius 3 is 1.38 bits per heavy atom. The van der Waals surface area contributed by atoms with Gasteiger partial charge in [-0.25, -0.2) is 0 Å². The van der Waals surface area contributed by atoms with Crippen LogP contribution in [0.3, 0.4) is 0 Å². The van der Waals surface area contributed by atoms with Crippen molar-refractivity contribution >= 4 is 54.1 Å². The second kappa shape index (κ2) is 10.2. The molecule has 6 heteroatoms. The van der Waals surface area contributed by atoms with Gasteiger partial charge < -0.3 is 30.5 Å². The number of fused-ring (bicyclic) bond motifs is 9. The molecule has 9 rings (SSSR count). The highest BCUT2D eigenvalue weighted by molar-refractivity contribution is 6.25. The molecule has 48 heavy (non-hydrogen) atoms. The third-order valence-corrected chi connectivity index (χ3v) is 9.56. The highest BCUT2D eigenvalue weighted by Crippen LogP contribution is 2.56. The van der Waals surface area contributed by atoms with E-state index in [1.54, 1.807) is 12.1 Å². The molecular weight excluding hydrogens is 598 g/mol. The van der Waals surface area contributed by atoms with Crippen LogP contribution in [0, 0.1) is 0 Å². The third kappa shape index (κ3) is 3.86. The summed E-state index contributed by atoms with van der Waals surface area (Å²) < 4.78 is 0. The number of para-hydroxylation sites is 2. The predicted molar refractivity (Wildman–Crippen MR) is 193 cm³/mol. The third-order valence-electron chi connectivity index (χ3n) is 9.56. The number of hydrogen-bond donors (Lipinski definition) is 6. The summed E-state index contributed by atoms with van der Waals surface area (Å²) in [6.07, 6.45) is 0. The van der Waals surface area contributed by atoms with Crippen molar-refractivity contribution in [1.29, 1.82) is 0 Å². The zero-order valence-electron chi connectivity index (χ0n) is 25.4. The van der Waals surface area contributed by atoms with Crippen LogP contribution in [0.25, 0.3) is 87.5 Å². The average Bonchev–Trinajstić information content (AvgIpc) is 3.53. The number of nitrogens with one attached hydrogen (secondary N) is 1. The lowest BCUT2D eigenvalue weighted by atomic mass is 9.91. The molecule has 0 saturated carbocycles. The van der Waals surface area contributed by atoms with Crippen molar-refractivity contribution in [2.24, 2.45) is 0 Å². The summed E-state index contributed by atoms with van der Waals surface area (Å²) in [6, 6.07) is 43.6. The van der Waals surface area contributed by atoms with Crippen molar-refractivity contribution in [3.63, 3.8) is 0 Å². The minimum atomic E-state index is -0.993. The van der Waals surface area contributed by atoms with Gasteiger partial charge in [0, 0.05) is 21.9 Å². The predicted octanol–water partition coefficient (Wildman–Crippen LogP) is 10.3. The molecule has 6 N–H and O–H groups in total. The Bertz CT molecular complexity index is 2730. The Morgan fingerprint density at radius 2 is 0.750 bits per heavy atom. The molecule has 1 aromatic heterocycles. The van der Waals surface area contributed by atoms with E-state index in [-0.39, 0.29) is 5.56 Å². The average molecular weight is 626 g/mol. The van der Waals surface area contributed by atoms with Gasteiger partial charge in [0.15, 0.2) is 11.5 Å². The molecule has 1 heterocycles. The van der Waals surface area contributed by atoms with E-state index in [1.807, 2.05) is 24.3 Å². The van der Waals surface area contributed by atoms with Crippen LogP contribution in [0.1, 0.15) is 0 Å². The molecule has 9 aromatic rings. The van der Waals surface area contributed by atoms with Gasteiger partial charge in [-0.1, -0.05) is 115 Å². The number of aromatic nitrogens is 1. The van der Waals surface area contributed by atoms with Crippen molar-refractivity contribution in [3.8, 4) is 62.1 Å². The fraction of sp³-hybridized carbons (Fsp3) is 0.